The molecular weight excluding hydrogens is 294 g/mol. The third-order valence-electron chi connectivity index (χ3n) is 3.24. The molecule has 0 spiro atoms. The highest BCUT2D eigenvalue weighted by Crippen LogP contribution is 2.23. The van der Waals surface area contributed by atoms with Crippen molar-refractivity contribution in [2.24, 2.45) is 0 Å². The summed E-state index contributed by atoms with van der Waals surface area (Å²) in [7, 11) is 0. The lowest BCUT2D eigenvalue weighted by molar-refractivity contribution is -0.385. The van der Waals surface area contributed by atoms with Crippen LogP contribution in [0.2, 0.25) is 0 Å². The van der Waals surface area contributed by atoms with Crippen molar-refractivity contribution >= 4 is 11.6 Å². The first-order chi connectivity index (χ1) is 11.2. The molecule has 3 rings (SSSR count). The van der Waals surface area contributed by atoms with Crippen LogP contribution in [0.25, 0.3) is 0 Å². The van der Waals surface area contributed by atoms with Crippen molar-refractivity contribution in [1.29, 1.82) is 0 Å². The van der Waals surface area contributed by atoms with Gasteiger partial charge in [-0.2, -0.15) is 0 Å². The Morgan fingerprint density at radius 2 is 1.65 bits per heavy atom. The van der Waals surface area contributed by atoms with Crippen LogP contribution in [-0.2, 0) is 0 Å². The molecule has 0 radical (unpaired) electrons. The van der Waals surface area contributed by atoms with Crippen molar-refractivity contribution in [2.75, 3.05) is 5.32 Å². The predicted octanol–water partition coefficient (Wildman–Crippen LogP) is 2.98. The summed E-state index contributed by atoms with van der Waals surface area (Å²) in [4.78, 5) is 22.5. The molecule has 0 fully saturated rings. The maximum absolute atomic E-state index is 10.7. The Labute approximate surface area is 132 Å². The van der Waals surface area contributed by atoms with Crippen LogP contribution in [-0.4, -0.2) is 19.9 Å². The molecule has 1 atom stereocenters. The lowest BCUT2D eigenvalue weighted by Crippen LogP contribution is -2.15. The standard InChI is InChI=1S/C16H13N5O2/c22-21(23)13-10-18-16(19-11-13)20-15(12-6-2-1-3-7-12)14-8-4-5-9-17-14/h1-11,15H,(H,18,19,20). The van der Waals surface area contributed by atoms with Crippen LogP contribution in [0.1, 0.15) is 17.3 Å². The van der Waals surface area contributed by atoms with Gasteiger partial charge in [-0.25, -0.2) is 9.97 Å². The van der Waals surface area contributed by atoms with E-state index in [9.17, 15) is 10.1 Å². The van der Waals surface area contributed by atoms with Crippen LogP contribution in [0.15, 0.2) is 67.1 Å². The molecule has 7 nitrogen and oxygen atoms in total. The van der Waals surface area contributed by atoms with E-state index in [-0.39, 0.29) is 11.7 Å². The molecule has 1 aromatic carbocycles. The highest BCUT2D eigenvalue weighted by molar-refractivity contribution is 5.39. The summed E-state index contributed by atoms with van der Waals surface area (Å²) in [5.74, 6) is 0.301. The number of pyridine rings is 1. The number of hydrogen-bond acceptors (Lipinski definition) is 6. The number of benzene rings is 1. The summed E-state index contributed by atoms with van der Waals surface area (Å²) in [6.07, 6.45) is 4.06. The number of nitro groups is 1. The molecule has 1 unspecified atom stereocenters. The molecule has 3 aromatic rings. The summed E-state index contributed by atoms with van der Waals surface area (Å²) < 4.78 is 0. The Kier molecular flexibility index (Phi) is 4.19. The average Bonchev–Trinajstić information content (AvgIpc) is 2.61. The van der Waals surface area contributed by atoms with Gasteiger partial charge in [0.2, 0.25) is 5.95 Å². The number of nitrogens with zero attached hydrogens (tertiary/aromatic N) is 4. The molecular formula is C16H13N5O2. The largest absolute Gasteiger partial charge is 0.342 e. The summed E-state index contributed by atoms with van der Waals surface area (Å²) in [5, 5.41) is 13.8. The fraction of sp³-hybridized carbons (Fsp3) is 0.0625. The van der Waals surface area contributed by atoms with E-state index in [1.165, 1.54) is 12.4 Å². The highest BCUT2D eigenvalue weighted by Gasteiger charge is 2.17. The minimum absolute atomic E-state index is 0.148. The minimum atomic E-state index is -0.531. The van der Waals surface area contributed by atoms with Gasteiger partial charge in [-0.3, -0.25) is 15.1 Å². The van der Waals surface area contributed by atoms with E-state index in [2.05, 4.69) is 20.3 Å². The Hall–Kier alpha value is -3.35. The second kappa shape index (κ2) is 6.61. The number of aromatic nitrogens is 3. The summed E-state index contributed by atoms with van der Waals surface area (Å²) in [6.45, 7) is 0. The van der Waals surface area contributed by atoms with E-state index >= 15 is 0 Å². The van der Waals surface area contributed by atoms with E-state index in [1.54, 1.807) is 6.20 Å². The second-order valence-corrected chi connectivity index (χ2v) is 4.76. The zero-order valence-electron chi connectivity index (χ0n) is 12.0. The molecule has 23 heavy (non-hydrogen) atoms. The Bertz CT molecular complexity index is 739. The van der Waals surface area contributed by atoms with Crippen LogP contribution in [0.4, 0.5) is 11.6 Å². The van der Waals surface area contributed by atoms with Gasteiger partial charge in [0.25, 0.3) is 0 Å². The molecule has 0 aliphatic rings. The fourth-order valence-corrected chi connectivity index (χ4v) is 2.14. The zero-order valence-corrected chi connectivity index (χ0v) is 12.0. The van der Waals surface area contributed by atoms with Gasteiger partial charge in [-0.1, -0.05) is 36.4 Å². The van der Waals surface area contributed by atoms with Gasteiger partial charge in [0.15, 0.2) is 0 Å². The van der Waals surface area contributed by atoms with Crippen LogP contribution in [0, 0.1) is 10.1 Å². The maximum Gasteiger partial charge on any atom is 0.305 e. The first-order valence-electron chi connectivity index (χ1n) is 6.93. The smallest absolute Gasteiger partial charge is 0.305 e. The van der Waals surface area contributed by atoms with Crippen LogP contribution in [0.3, 0.4) is 0 Å². The average molecular weight is 307 g/mol. The van der Waals surface area contributed by atoms with E-state index < -0.39 is 4.92 Å². The maximum atomic E-state index is 10.7. The molecule has 0 saturated carbocycles. The SMILES string of the molecule is O=[N+]([O-])c1cnc(NC(c2ccccc2)c2ccccn2)nc1. The lowest BCUT2D eigenvalue weighted by Gasteiger charge is -2.18. The minimum Gasteiger partial charge on any atom is -0.342 e. The third-order valence-corrected chi connectivity index (χ3v) is 3.24. The molecule has 114 valence electrons. The predicted molar refractivity (Wildman–Crippen MR) is 84.8 cm³/mol. The van der Waals surface area contributed by atoms with Gasteiger partial charge in [0.1, 0.15) is 12.4 Å². The van der Waals surface area contributed by atoms with Crippen LogP contribution < -0.4 is 5.32 Å². The van der Waals surface area contributed by atoms with Crippen molar-refractivity contribution in [3.63, 3.8) is 0 Å². The Balaban J connectivity index is 1.92. The summed E-state index contributed by atoms with van der Waals surface area (Å²) in [5.41, 5.74) is 1.65. The molecule has 1 N–H and O–H groups in total. The van der Waals surface area contributed by atoms with Crippen molar-refractivity contribution in [2.45, 2.75) is 6.04 Å². The molecule has 2 heterocycles. The summed E-state index contributed by atoms with van der Waals surface area (Å²) >= 11 is 0. The van der Waals surface area contributed by atoms with Gasteiger partial charge < -0.3 is 5.32 Å². The third kappa shape index (κ3) is 3.46. The zero-order chi connectivity index (χ0) is 16.1. The first kappa shape index (κ1) is 14.6. The van der Waals surface area contributed by atoms with E-state index in [0.29, 0.717) is 5.95 Å². The molecule has 0 aliphatic heterocycles. The highest BCUT2D eigenvalue weighted by atomic mass is 16.6. The molecule has 2 aromatic heterocycles. The normalized spacial score (nSPS) is 11.7. The molecule has 0 saturated heterocycles. The topological polar surface area (TPSA) is 93.8 Å². The number of anilines is 1. The van der Waals surface area contributed by atoms with Crippen LogP contribution in [0.5, 0.6) is 0 Å². The van der Waals surface area contributed by atoms with Crippen molar-refractivity contribution in [1.82, 2.24) is 15.0 Å². The van der Waals surface area contributed by atoms with E-state index in [0.717, 1.165) is 11.3 Å². The van der Waals surface area contributed by atoms with Crippen molar-refractivity contribution in [3.8, 4) is 0 Å². The molecule has 0 aliphatic carbocycles. The fourth-order valence-electron chi connectivity index (χ4n) is 2.14. The van der Waals surface area contributed by atoms with Gasteiger partial charge in [0.05, 0.1) is 16.7 Å². The molecule has 7 heteroatoms. The number of hydrogen-bond donors (Lipinski definition) is 1. The van der Waals surface area contributed by atoms with Gasteiger partial charge in [0, 0.05) is 6.20 Å². The lowest BCUT2D eigenvalue weighted by atomic mass is 10.0. The Morgan fingerprint density at radius 3 is 2.26 bits per heavy atom. The van der Waals surface area contributed by atoms with Gasteiger partial charge >= 0.3 is 5.69 Å². The van der Waals surface area contributed by atoms with Crippen molar-refractivity contribution < 1.29 is 4.92 Å². The van der Waals surface area contributed by atoms with Gasteiger partial charge in [-0.15, -0.1) is 0 Å². The molecule has 0 bridgehead atoms. The number of rotatable bonds is 5. The monoisotopic (exact) mass is 307 g/mol. The Morgan fingerprint density at radius 1 is 0.957 bits per heavy atom. The second-order valence-electron chi connectivity index (χ2n) is 4.76. The quantitative estimate of drug-likeness (QED) is 0.575. The number of nitrogens with one attached hydrogen (secondary N) is 1. The summed E-state index contributed by atoms with van der Waals surface area (Å²) in [6, 6.07) is 15.1. The molecule has 0 amide bonds. The van der Waals surface area contributed by atoms with Crippen molar-refractivity contribution in [3.05, 3.63) is 88.5 Å². The van der Waals surface area contributed by atoms with Gasteiger partial charge in [-0.05, 0) is 17.7 Å². The van der Waals surface area contributed by atoms with E-state index in [4.69, 9.17) is 0 Å². The van der Waals surface area contributed by atoms with Crippen LogP contribution >= 0.6 is 0 Å². The van der Waals surface area contributed by atoms with E-state index in [1.807, 2.05) is 48.5 Å². The first-order valence-corrected chi connectivity index (χ1v) is 6.93.